The van der Waals surface area contributed by atoms with E-state index >= 15 is 0 Å². The van der Waals surface area contributed by atoms with Crippen molar-refractivity contribution in [3.05, 3.63) is 64.5 Å². The van der Waals surface area contributed by atoms with Crippen LogP contribution in [0.2, 0.25) is 0 Å². The zero-order chi connectivity index (χ0) is 18.9. The van der Waals surface area contributed by atoms with Crippen molar-refractivity contribution in [2.45, 2.75) is 6.42 Å². The quantitative estimate of drug-likeness (QED) is 0.422. The molecule has 2 aromatic carbocycles. The second kappa shape index (κ2) is 9.36. The zero-order valence-electron chi connectivity index (χ0n) is 14.4. The number of para-hydroxylation sites is 1. The molecular weight excluding hydrogens is 341 g/mol. The lowest BCUT2D eigenvalue weighted by Crippen LogP contribution is -2.31. The van der Waals surface area contributed by atoms with Crippen LogP contribution in [0.4, 0.5) is 15.8 Å². The van der Waals surface area contributed by atoms with Gasteiger partial charge in [-0.15, -0.1) is 0 Å². The maximum atomic E-state index is 13.2. The van der Waals surface area contributed by atoms with Crippen molar-refractivity contribution in [2.24, 2.45) is 0 Å². The van der Waals surface area contributed by atoms with Gasteiger partial charge >= 0.3 is 5.69 Å². The van der Waals surface area contributed by atoms with Crippen LogP contribution in [0.3, 0.4) is 0 Å². The van der Waals surface area contributed by atoms with Crippen molar-refractivity contribution in [2.75, 3.05) is 31.6 Å². The number of benzene rings is 2. The van der Waals surface area contributed by atoms with Crippen LogP contribution in [0, 0.1) is 15.9 Å². The third-order valence-electron chi connectivity index (χ3n) is 3.67. The summed E-state index contributed by atoms with van der Waals surface area (Å²) in [5.41, 5.74) is 0.698. The standard InChI is InChI=1S/C18H20FN3O4/c1-21(15-6-3-2-4-7-15)11-5-10-20-18(23)13-26-17-12-14(19)8-9-16(17)22(24)25/h2-4,6-9,12H,5,10-11,13H2,1H3,(H,20,23). The van der Waals surface area contributed by atoms with E-state index in [1.807, 2.05) is 37.4 Å². The molecular formula is C18H20FN3O4. The predicted octanol–water partition coefficient (Wildman–Crippen LogP) is 2.76. The van der Waals surface area contributed by atoms with Crippen LogP contribution in [0.25, 0.3) is 0 Å². The topological polar surface area (TPSA) is 84.7 Å². The molecule has 0 aromatic heterocycles. The molecule has 8 heteroatoms. The molecule has 1 N–H and O–H groups in total. The third-order valence-corrected chi connectivity index (χ3v) is 3.67. The van der Waals surface area contributed by atoms with E-state index in [0.717, 1.165) is 36.9 Å². The number of amides is 1. The van der Waals surface area contributed by atoms with E-state index in [0.29, 0.717) is 6.54 Å². The Morgan fingerprint density at radius 2 is 2.00 bits per heavy atom. The van der Waals surface area contributed by atoms with Crippen molar-refractivity contribution in [3.63, 3.8) is 0 Å². The number of rotatable bonds is 9. The number of carbonyl (C=O) groups is 1. The summed E-state index contributed by atoms with van der Waals surface area (Å²) >= 11 is 0. The first kappa shape index (κ1) is 19.2. The number of halogens is 1. The molecule has 0 bridgehead atoms. The minimum absolute atomic E-state index is 0.269. The Morgan fingerprint density at radius 1 is 1.27 bits per heavy atom. The van der Waals surface area contributed by atoms with E-state index in [1.54, 1.807) is 0 Å². The second-order valence-electron chi connectivity index (χ2n) is 5.62. The first-order valence-electron chi connectivity index (χ1n) is 8.07. The van der Waals surface area contributed by atoms with Gasteiger partial charge in [0.05, 0.1) is 4.92 Å². The normalized spacial score (nSPS) is 10.2. The fraction of sp³-hybridized carbons (Fsp3) is 0.278. The first-order valence-corrected chi connectivity index (χ1v) is 8.07. The summed E-state index contributed by atoms with van der Waals surface area (Å²) in [4.78, 5) is 24.0. The highest BCUT2D eigenvalue weighted by molar-refractivity contribution is 5.77. The van der Waals surface area contributed by atoms with E-state index in [9.17, 15) is 19.3 Å². The molecule has 0 unspecified atom stereocenters. The number of nitro benzene ring substituents is 1. The summed E-state index contributed by atoms with van der Waals surface area (Å²) < 4.78 is 18.3. The Balaban J connectivity index is 1.73. The highest BCUT2D eigenvalue weighted by Crippen LogP contribution is 2.27. The van der Waals surface area contributed by atoms with E-state index in [1.165, 1.54) is 0 Å². The van der Waals surface area contributed by atoms with E-state index in [4.69, 9.17) is 4.74 Å². The highest BCUT2D eigenvalue weighted by Gasteiger charge is 2.17. The lowest BCUT2D eigenvalue weighted by molar-refractivity contribution is -0.385. The van der Waals surface area contributed by atoms with Crippen LogP contribution in [0.1, 0.15) is 6.42 Å². The van der Waals surface area contributed by atoms with Gasteiger partial charge in [-0.25, -0.2) is 4.39 Å². The predicted molar refractivity (Wildman–Crippen MR) is 95.9 cm³/mol. The number of carbonyl (C=O) groups excluding carboxylic acids is 1. The molecule has 0 spiro atoms. The van der Waals surface area contributed by atoms with Gasteiger partial charge in [0.1, 0.15) is 5.82 Å². The lowest BCUT2D eigenvalue weighted by Gasteiger charge is -2.19. The summed E-state index contributed by atoms with van der Waals surface area (Å²) in [5, 5.41) is 13.5. The maximum Gasteiger partial charge on any atom is 0.311 e. The van der Waals surface area contributed by atoms with Crippen LogP contribution < -0.4 is 15.0 Å². The summed E-state index contributed by atoms with van der Waals surface area (Å²) in [6.45, 7) is 0.768. The van der Waals surface area contributed by atoms with Gasteiger partial charge in [0.25, 0.3) is 5.91 Å². The van der Waals surface area contributed by atoms with Crippen LogP contribution in [0.5, 0.6) is 5.75 Å². The molecule has 138 valence electrons. The first-order chi connectivity index (χ1) is 12.5. The number of anilines is 1. The summed E-state index contributed by atoms with van der Waals surface area (Å²) in [7, 11) is 1.96. The Morgan fingerprint density at radius 3 is 2.69 bits per heavy atom. The minimum Gasteiger partial charge on any atom is -0.477 e. The third kappa shape index (κ3) is 5.73. The van der Waals surface area contributed by atoms with Crippen molar-refractivity contribution in [1.29, 1.82) is 0 Å². The van der Waals surface area contributed by atoms with E-state index in [-0.39, 0.29) is 11.4 Å². The van der Waals surface area contributed by atoms with Gasteiger partial charge in [-0.05, 0) is 24.6 Å². The van der Waals surface area contributed by atoms with Crippen LogP contribution in [-0.4, -0.2) is 37.6 Å². The molecule has 0 aliphatic rings. The minimum atomic E-state index is -0.688. The SMILES string of the molecule is CN(CCCNC(=O)COc1cc(F)ccc1[N+](=O)[O-])c1ccccc1. The molecule has 0 aliphatic carbocycles. The number of hydrogen-bond acceptors (Lipinski definition) is 5. The summed E-state index contributed by atoms with van der Waals surface area (Å²) in [6, 6.07) is 12.7. The fourth-order valence-corrected chi connectivity index (χ4v) is 2.30. The Kier molecular flexibility index (Phi) is 6.90. The second-order valence-corrected chi connectivity index (χ2v) is 5.62. The number of nitro groups is 1. The summed E-state index contributed by atoms with van der Waals surface area (Å²) in [6.07, 6.45) is 0.719. The fourth-order valence-electron chi connectivity index (χ4n) is 2.30. The van der Waals surface area contributed by atoms with Crippen LogP contribution in [-0.2, 0) is 4.79 Å². The molecule has 0 fully saturated rings. The van der Waals surface area contributed by atoms with Crippen molar-refractivity contribution in [1.82, 2.24) is 5.32 Å². The van der Waals surface area contributed by atoms with E-state index < -0.39 is 23.3 Å². The van der Waals surface area contributed by atoms with Crippen molar-refractivity contribution >= 4 is 17.3 Å². The molecule has 0 heterocycles. The van der Waals surface area contributed by atoms with Crippen LogP contribution in [0.15, 0.2) is 48.5 Å². The Labute approximate surface area is 150 Å². The van der Waals surface area contributed by atoms with Gasteiger partial charge in [0.15, 0.2) is 6.61 Å². The monoisotopic (exact) mass is 361 g/mol. The highest BCUT2D eigenvalue weighted by atomic mass is 19.1. The molecule has 0 saturated heterocycles. The summed E-state index contributed by atoms with van der Waals surface area (Å²) in [5.74, 6) is -1.37. The lowest BCUT2D eigenvalue weighted by atomic mass is 10.3. The van der Waals surface area contributed by atoms with E-state index in [2.05, 4.69) is 10.2 Å². The van der Waals surface area contributed by atoms with Gasteiger partial charge in [-0.1, -0.05) is 18.2 Å². The molecule has 0 radical (unpaired) electrons. The van der Waals surface area contributed by atoms with Gasteiger partial charge in [-0.2, -0.15) is 0 Å². The number of ether oxygens (including phenoxy) is 1. The van der Waals surface area contributed by atoms with Gasteiger partial charge < -0.3 is 15.0 Å². The Bertz CT molecular complexity index is 755. The molecule has 26 heavy (non-hydrogen) atoms. The van der Waals surface area contributed by atoms with Crippen molar-refractivity contribution in [3.8, 4) is 5.75 Å². The molecule has 0 aliphatic heterocycles. The van der Waals surface area contributed by atoms with Gasteiger partial charge in [0, 0.05) is 38.0 Å². The largest absolute Gasteiger partial charge is 0.477 e. The Hall–Kier alpha value is -3.16. The molecule has 2 rings (SSSR count). The number of hydrogen-bond donors (Lipinski definition) is 1. The number of nitrogens with zero attached hydrogens (tertiary/aromatic N) is 2. The average molecular weight is 361 g/mol. The molecule has 2 aromatic rings. The van der Waals surface area contributed by atoms with Crippen molar-refractivity contribution < 1.29 is 18.8 Å². The molecule has 0 saturated carbocycles. The average Bonchev–Trinajstić information content (AvgIpc) is 2.64. The molecule has 0 atom stereocenters. The van der Waals surface area contributed by atoms with Gasteiger partial charge in [0.2, 0.25) is 5.75 Å². The molecule has 7 nitrogen and oxygen atoms in total. The maximum absolute atomic E-state index is 13.2. The number of nitrogens with one attached hydrogen (secondary N) is 1. The smallest absolute Gasteiger partial charge is 0.311 e. The van der Waals surface area contributed by atoms with Gasteiger partial charge in [-0.3, -0.25) is 14.9 Å². The zero-order valence-corrected chi connectivity index (χ0v) is 14.4. The van der Waals surface area contributed by atoms with Crippen LogP contribution >= 0.6 is 0 Å². The molecule has 1 amide bonds.